The van der Waals surface area contributed by atoms with Gasteiger partial charge in [-0.05, 0) is 17.5 Å². The highest BCUT2D eigenvalue weighted by Gasteiger charge is 2.29. The topological polar surface area (TPSA) is 49.8 Å². The first-order valence-corrected chi connectivity index (χ1v) is 5.75. The summed E-state index contributed by atoms with van der Waals surface area (Å²) in [7, 11) is 1.59. The molecule has 1 atom stereocenters. The van der Waals surface area contributed by atoms with Crippen LogP contribution in [0.15, 0.2) is 24.3 Å². The minimum Gasteiger partial charge on any atom is -0.480 e. The van der Waals surface area contributed by atoms with Crippen molar-refractivity contribution in [3.8, 4) is 0 Å². The number of carboxylic acid groups (broad SMARTS) is 1. The van der Waals surface area contributed by atoms with Crippen molar-refractivity contribution in [3.05, 3.63) is 35.4 Å². The molecule has 0 amide bonds. The molecule has 17 heavy (non-hydrogen) atoms. The highest BCUT2D eigenvalue weighted by molar-refractivity contribution is 5.73. The predicted molar refractivity (Wildman–Crippen MR) is 63.6 cm³/mol. The zero-order valence-corrected chi connectivity index (χ0v) is 9.93. The van der Waals surface area contributed by atoms with E-state index in [-0.39, 0.29) is 0 Å². The van der Waals surface area contributed by atoms with Crippen LogP contribution in [-0.4, -0.2) is 35.7 Å². The van der Waals surface area contributed by atoms with Crippen molar-refractivity contribution in [3.63, 3.8) is 0 Å². The molecule has 1 heterocycles. The molecule has 1 aromatic carbocycles. The van der Waals surface area contributed by atoms with Crippen molar-refractivity contribution in [2.75, 3.05) is 13.7 Å². The molecule has 4 nitrogen and oxygen atoms in total. The van der Waals surface area contributed by atoms with Crippen LogP contribution in [-0.2, 0) is 22.6 Å². The first-order valence-electron chi connectivity index (χ1n) is 5.75. The number of hydrogen-bond donors (Lipinski definition) is 1. The van der Waals surface area contributed by atoms with Gasteiger partial charge in [-0.15, -0.1) is 0 Å². The number of benzene rings is 1. The summed E-state index contributed by atoms with van der Waals surface area (Å²) in [5, 5.41) is 9.24. The van der Waals surface area contributed by atoms with Crippen LogP contribution in [0, 0.1) is 0 Å². The van der Waals surface area contributed by atoms with Crippen LogP contribution >= 0.6 is 0 Å². The average Bonchev–Trinajstić information content (AvgIpc) is 2.72. The Morgan fingerprint density at radius 2 is 2.00 bits per heavy atom. The molecule has 92 valence electrons. The molecular weight excluding hydrogens is 218 g/mol. The maximum Gasteiger partial charge on any atom is 0.321 e. The monoisotopic (exact) mass is 235 g/mol. The average molecular weight is 235 g/mol. The van der Waals surface area contributed by atoms with Gasteiger partial charge in [-0.2, -0.15) is 0 Å². The van der Waals surface area contributed by atoms with E-state index in [1.807, 2.05) is 17.0 Å². The van der Waals surface area contributed by atoms with Crippen LogP contribution < -0.4 is 0 Å². The van der Waals surface area contributed by atoms with Gasteiger partial charge in [0.1, 0.15) is 6.04 Å². The molecule has 0 spiro atoms. The van der Waals surface area contributed by atoms with Gasteiger partial charge in [-0.1, -0.05) is 24.3 Å². The molecule has 0 radical (unpaired) electrons. The zero-order valence-electron chi connectivity index (χ0n) is 9.93. The maximum absolute atomic E-state index is 11.2. The highest BCUT2D eigenvalue weighted by atomic mass is 16.5. The van der Waals surface area contributed by atoms with Crippen molar-refractivity contribution in [1.29, 1.82) is 0 Å². The second-order valence-corrected chi connectivity index (χ2v) is 4.31. The molecular formula is C13H17NO3. The third kappa shape index (κ3) is 2.65. The summed E-state index contributed by atoms with van der Waals surface area (Å²) in [6, 6.07) is 7.65. The predicted octanol–water partition coefficient (Wildman–Crippen LogP) is 1.49. The number of fused-ring (bicyclic) bond motifs is 1. The van der Waals surface area contributed by atoms with E-state index in [0.29, 0.717) is 13.0 Å². The van der Waals surface area contributed by atoms with E-state index in [2.05, 4.69) is 12.1 Å². The second-order valence-electron chi connectivity index (χ2n) is 4.31. The van der Waals surface area contributed by atoms with Crippen LogP contribution in [0.4, 0.5) is 0 Å². The van der Waals surface area contributed by atoms with E-state index in [1.165, 1.54) is 11.1 Å². The van der Waals surface area contributed by atoms with Gasteiger partial charge in [0.05, 0.1) is 0 Å². The van der Waals surface area contributed by atoms with E-state index >= 15 is 0 Å². The molecule has 1 unspecified atom stereocenters. The van der Waals surface area contributed by atoms with Crippen molar-refractivity contribution >= 4 is 5.97 Å². The van der Waals surface area contributed by atoms with E-state index in [4.69, 9.17) is 4.74 Å². The first-order chi connectivity index (χ1) is 8.22. The van der Waals surface area contributed by atoms with Gasteiger partial charge in [-0.3, -0.25) is 9.69 Å². The summed E-state index contributed by atoms with van der Waals surface area (Å²) >= 11 is 0. The minimum atomic E-state index is -0.769. The summed E-state index contributed by atoms with van der Waals surface area (Å²) in [5.74, 6) is -0.769. The van der Waals surface area contributed by atoms with E-state index < -0.39 is 12.0 Å². The third-order valence-electron chi connectivity index (χ3n) is 3.19. The number of carbonyl (C=O) groups is 1. The highest BCUT2D eigenvalue weighted by Crippen LogP contribution is 2.25. The SMILES string of the molecule is COCCC(C(=O)O)N1Cc2ccccc2C1. The number of carboxylic acids is 1. The number of nitrogens with zero attached hydrogens (tertiary/aromatic N) is 1. The Morgan fingerprint density at radius 1 is 1.41 bits per heavy atom. The molecule has 1 aliphatic heterocycles. The Hall–Kier alpha value is -1.39. The van der Waals surface area contributed by atoms with Crippen LogP contribution in [0.2, 0.25) is 0 Å². The summed E-state index contributed by atoms with van der Waals surface area (Å²) in [5.41, 5.74) is 2.47. The van der Waals surface area contributed by atoms with E-state index in [0.717, 1.165) is 13.1 Å². The first kappa shape index (κ1) is 12.1. The summed E-state index contributed by atoms with van der Waals surface area (Å²) in [6.07, 6.45) is 0.528. The normalized spacial score (nSPS) is 16.8. The Balaban J connectivity index is 2.06. The molecule has 0 saturated heterocycles. The minimum absolute atomic E-state index is 0.456. The van der Waals surface area contributed by atoms with Crippen LogP contribution in [0.1, 0.15) is 17.5 Å². The molecule has 1 N–H and O–H groups in total. The molecule has 0 bridgehead atoms. The van der Waals surface area contributed by atoms with Crippen molar-refractivity contribution in [1.82, 2.24) is 4.90 Å². The second kappa shape index (κ2) is 5.29. The molecule has 0 saturated carbocycles. The van der Waals surface area contributed by atoms with E-state index in [9.17, 15) is 9.90 Å². The summed E-state index contributed by atoms with van der Waals surface area (Å²) in [4.78, 5) is 13.2. The quantitative estimate of drug-likeness (QED) is 0.840. The standard InChI is InChI=1S/C13H17NO3/c1-17-7-6-12(13(15)16)14-8-10-4-2-3-5-11(10)9-14/h2-5,12H,6-9H2,1H3,(H,15,16). The maximum atomic E-state index is 11.2. The Kier molecular flexibility index (Phi) is 3.76. The number of rotatable bonds is 5. The number of ether oxygens (including phenoxy) is 1. The van der Waals surface area contributed by atoms with Crippen LogP contribution in [0.5, 0.6) is 0 Å². The lowest BCUT2D eigenvalue weighted by Gasteiger charge is -2.23. The van der Waals surface area contributed by atoms with Gasteiger partial charge < -0.3 is 9.84 Å². The summed E-state index contributed by atoms with van der Waals surface area (Å²) < 4.78 is 4.97. The van der Waals surface area contributed by atoms with Gasteiger partial charge >= 0.3 is 5.97 Å². The van der Waals surface area contributed by atoms with Crippen molar-refractivity contribution < 1.29 is 14.6 Å². The zero-order chi connectivity index (χ0) is 12.3. The number of methoxy groups -OCH3 is 1. The lowest BCUT2D eigenvalue weighted by Crippen LogP contribution is -2.38. The molecule has 0 aliphatic carbocycles. The van der Waals surface area contributed by atoms with Gasteiger partial charge in [0.2, 0.25) is 0 Å². The largest absolute Gasteiger partial charge is 0.480 e. The van der Waals surface area contributed by atoms with Crippen LogP contribution in [0.25, 0.3) is 0 Å². The smallest absolute Gasteiger partial charge is 0.321 e. The number of aliphatic carboxylic acids is 1. The Bertz CT molecular complexity index is 380. The Morgan fingerprint density at radius 3 is 2.47 bits per heavy atom. The lowest BCUT2D eigenvalue weighted by atomic mass is 10.1. The fourth-order valence-electron chi connectivity index (χ4n) is 2.27. The fraction of sp³-hybridized carbons (Fsp3) is 0.462. The fourth-order valence-corrected chi connectivity index (χ4v) is 2.27. The molecule has 1 aliphatic rings. The van der Waals surface area contributed by atoms with Crippen molar-refractivity contribution in [2.45, 2.75) is 25.6 Å². The van der Waals surface area contributed by atoms with E-state index in [1.54, 1.807) is 7.11 Å². The molecule has 4 heteroatoms. The van der Waals surface area contributed by atoms with Gasteiger partial charge in [0, 0.05) is 26.8 Å². The Labute approximate surface area is 101 Å². The number of hydrogen-bond acceptors (Lipinski definition) is 3. The molecule has 0 fully saturated rings. The van der Waals surface area contributed by atoms with Gasteiger partial charge in [-0.25, -0.2) is 0 Å². The van der Waals surface area contributed by atoms with Gasteiger partial charge in [0.25, 0.3) is 0 Å². The van der Waals surface area contributed by atoms with Gasteiger partial charge in [0.15, 0.2) is 0 Å². The molecule has 1 aromatic rings. The summed E-state index contributed by atoms with van der Waals surface area (Å²) in [6.45, 7) is 1.91. The molecule has 2 rings (SSSR count). The molecule has 0 aromatic heterocycles. The van der Waals surface area contributed by atoms with Crippen LogP contribution in [0.3, 0.4) is 0 Å². The van der Waals surface area contributed by atoms with Crippen molar-refractivity contribution in [2.24, 2.45) is 0 Å². The third-order valence-corrected chi connectivity index (χ3v) is 3.19. The lowest BCUT2D eigenvalue weighted by molar-refractivity contribution is -0.144.